The van der Waals surface area contributed by atoms with Crippen LogP contribution in [0.5, 0.6) is 5.75 Å². The SMILES string of the molecule is Cc1ccc(C(=O)OCCCC(=O)c2cccs2)c(O)c1. The van der Waals surface area contributed by atoms with Crippen molar-refractivity contribution in [1.82, 2.24) is 0 Å². The molecule has 0 aliphatic heterocycles. The third-order valence-corrected chi connectivity index (χ3v) is 3.86. The molecule has 0 radical (unpaired) electrons. The quantitative estimate of drug-likeness (QED) is 0.503. The number of carbonyl (C=O) groups is 2. The lowest BCUT2D eigenvalue weighted by molar-refractivity contribution is 0.0491. The average molecular weight is 304 g/mol. The van der Waals surface area contributed by atoms with Crippen LogP contribution in [0.3, 0.4) is 0 Å². The van der Waals surface area contributed by atoms with Crippen LogP contribution in [-0.2, 0) is 4.74 Å². The number of thiophene rings is 1. The maximum atomic E-state index is 11.8. The number of ether oxygens (including phenoxy) is 1. The van der Waals surface area contributed by atoms with Gasteiger partial charge in [0.05, 0.1) is 11.5 Å². The van der Waals surface area contributed by atoms with Crippen molar-refractivity contribution in [1.29, 1.82) is 0 Å². The molecule has 0 aliphatic rings. The standard InChI is InChI=1S/C16H16O4S/c1-11-6-7-12(14(18)10-11)16(19)20-8-2-4-13(17)15-5-3-9-21-15/h3,5-7,9-10,18H,2,4,8H2,1H3. The Morgan fingerprint density at radius 2 is 2.10 bits per heavy atom. The molecule has 5 heteroatoms. The van der Waals surface area contributed by atoms with Gasteiger partial charge in [0.2, 0.25) is 0 Å². The Bertz CT molecular complexity index is 632. The predicted octanol–water partition coefficient (Wildman–Crippen LogP) is 3.58. The number of rotatable bonds is 6. The van der Waals surface area contributed by atoms with Crippen LogP contribution >= 0.6 is 11.3 Å². The summed E-state index contributed by atoms with van der Waals surface area (Å²) in [5.74, 6) is -0.607. The van der Waals surface area contributed by atoms with Crippen LogP contribution in [0.1, 0.15) is 38.4 Å². The number of benzene rings is 1. The van der Waals surface area contributed by atoms with Crippen molar-refractivity contribution >= 4 is 23.1 Å². The predicted molar refractivity (Wildman–Crippen MR) is 81.0 cm³/mol. The van der Waals surface area contributed by atoms with Crippen LogP contribution in [0.2, 0.25) is 0 Å². The summed E-state index contributed by atoms with van der Waals surface area (Å²) in [6.45, 7) is 1.98. The smallest absolute Gasteiger partial charge is 0.341 e. The van der Waals surface area contributed by atoms with Gasteiger partial charge in [-0.25, -0.2) is 4.79 Å². The first kappa shape index (κ1) is 15.3. The van der Waals surface area contributed by atoms with Crippen molar-refractivity contribution in [2.75, 3.05) is 6.61 Å². The van der Waals surface area contributed by atoms with Gasteiger partial charge in [-0.2, -0.15) is 0 Å². The largest absolute Gasteiger partial charge is 0.507 e. The van der Waals surface area contributed by atoms with E-state index in [-0.39, 0.29) is 23.7 Å². The third kappa shape index (κ3) is 4.16. The molecule has 0 saturated carbocycles. The Hall–Kier alpha value is -2.14. The zero-order valence-corrected chi connectivity index (χ0v) is 12.5. The van der Waals surface area contributed by atoms with Gasteiger partial charge < -0.3 is 9.84 Å². The van der Waals surface area contributed by atoms with E-state index in [1.807, 2.05) is 18.4 Å². The second-order valence-electron chi connectivity index (χ2n) is 4.66. The first-order chi connectivity index (χ1) is 10.1. The van der Waals surface area contributed by atoms with E-state index in [1.54, 1.807) is 12.1 Å². The van der Waals surface area contributed by atoms with Crippen molar-refractivity contribution in [2.24, 2.45) is 0 Å². The number of phenolic OH excluding ortho intramolecular Hbond substituents is 1. The summed E-state index contributed by atoms with van der Waals surface area (Å²) in [5.41, 5.74) is 1.01. The van der Waals surface area contributed by atoms with E-state index in [9.17, 15) is 14.7 Å². The highest BCUT2D eigenvalue weighted by Gasteiger charge is 2.13. The Morgan fingerprint density at radius 3 is 2.76 bits per heavy atom. The van der Waals surface area contributed by atoms with E-state index < -0.39 is 5.97 Å². The minimum absolute atomic E-state index is 0.0548. The van der Waals surface area contributed by atoms with Gasteiger partial charge >= 0.3 is 5.97 Å². The van der Waals surface area contributed by atoms with Crippen LogP contribution in [0, 0.1) is 6.92 Å². The summed E-state index contributed by atoms with van der Waals surface area (Å²) in [4.78, 5) is 24.2. The maximum Gasteiger partial charge on any atom is 0.341 e. The lowest BCUT2D eigenvalue weighted by atomic mass is 10.1. The minimum atomic E-state index is -0.573. The van der Waals surface area contributed by atoms with Gasteiger partial charge in [-0.05, 0) is 42.5 Å². The van der Waals surface area contributed by atoms with Gasteiger partial charge in [-0.1, -0.05) is 12.1 Å². The van der Waals surface area contributed by atoms with Crippen molar-refractivity contribution in [3.63, 3.8) is 0 Å². The van der Waals surface area contributed by atoms with E-state index in [0.29, 0.717) is 12.8 Å². The van der Waals surface area contributed by atoms with Crippen molar-refractivity contribution < 1.29 is 19.4 Å². The number of hydrogen-bond donors (Lipinski definition) is 1. The van der Waals surface area contributed by atoms with Gasteiger partial charge in [0, 0.05) is 6.42 Å². The molecule has 21 heavy (non-hydrogen) atoms. The molecule has 0 saturated heterocycles. The van der Waals surface area contributed by atoms with E-state index in [2.05, 4.69) is 0 Å². The number of esters is 1. The molecule has 0 amide bonds. The number of Topliss-reactive ketones (excluding diaryl/α,β-unsaturated/α-hetero) is 1. The fourth-order valence-electron chi connectivity index (χ4n) is 1.85. The number of ketones is 1. The third-order valence-electron chi connectivity index (χ3n) is 2.95. The molecule has 0 atom stereocenters. The highest BCUT2D eigenvalue weighted by molar-refractivity contribution is 7.12. The molecule has 110 valence electrons. The van der Waals surface area contributed by atoms with Crippen LogP contribution in [0.4, 0.5) is 0 Å². The first-order valence-electron chi connectivity index (χ1n) is 6.61. The van der Waals surface area contributed by atoms with Crippen LogP contribution in [0.15, 0.2) is 35.7 Å². The molecular formula is C16H16O4S. The lowest BCUT2D eigenvalue weighted by Gasteiger charge is -2.06. The Morgan fingerprint density at radius 1 is 1.29 bits per heavy atom. The molecule has 0 bridgehead atoms. The minimum Gasteiger partial charge on any atom is -0.507 e. The topological polar surface area (TPSA) is 63.6 Å². The van der Waals surface area contributed by atoms with E-state index >= 15 is 0 Å². The summed E-state index contributed by atoms with van der Waals surface area (Å²) in [6.07, 6.45) is 0.808. The Kier molecular flexibility index (Phi) is 5.11. The molecule has 1 heterocycles. The van der Waals surface area contributed by atoms with E-state index in [1.165, 1.54) is 23.5 Å². The highest BCUT2D eigenvalue weighted by atomic mass is 32.1. The van der Waals surface area contributed by atoms with E-state index in [0.717, 1.165) is 10.4 Å². The summed E-state index contributed by atoms with van der Waals surface area (Å²) in [5, 5.41) is 11.5. The van der Waals surface area contributed by atoms with Gasteiger partial charge in [0.25, 0.3) is 0 Å². The van der Waals surface area contributed by atoms with Crippen LogP contribution in [-0.4, -0.2) is 23.5 Å². The zero-order chi connectivity index (χ0) is 15.2. The number of hydrogen-bond acceptors (Lipinski definition) is 5. The average Bonchev–Trinajstić information content (AvgIpc) is 2.97. The molecule has 1 aromatic heterocycles. The summed E-state index contributed by atoms with van der Waals surface area (Å²) in [7, 11) is 0. The molecule has 0 fully saturated rings. The van der Waals surface area contributed by atoms with Crippen LogP contribution < -0.4 is 0 Å². The first-order valence-corrected chi connectivity index (χ1v) is 7.49. The molecule has 2 aromatic rings. The lowest BCUT2D eigenvalue weighted by Crippen LogP contribution is -2.08. The number of carbonyl (C=O) groups excluding carboxylic acids is 2. The Balaban J connectivity index is 1.78. The van der Waals surface area contributed by atoms with Crippen molar-refractivity contribution in [3.05, 3.63) is 51.7 Å². The number of aryl methyl sites for hydroxylation is 1. The molecule has 1 N–H and O–H groups in total. The van der Waals surface area contributed by atoms with Gasteiger partial charge in [0.1, 0.15) is 11.3 Å². The number of aromatic hydroxyl groups is 1. The summed E-state index contributed by atoms with van der Waals surface area (Å²) < 4.78 is 5.07. The Labute approximate surface area is 127 Å². The molecule has 1 aromatic carbocycles. The van der Waals surface area contributed by atoms with Gasteiger partial charge in [0.15, 0.2) is 5.78 Å². The van der Waals surface area contributed by atoms with Crippen molar-refractivity contribution in [3.8, 4) is 5.75 Å². The van der Waals surface area contributed by atoms with Gasteiger partial charge in [-0.15, -0.1) is 11.3 Å². The van der Waals surface area contributed by atoms with E-state index in [4.69, 9.17) is 4.74 Å². The number of phenols is 1. The van der Waals surface area contributed by atoms with Crippen molar-refractivity contribution in [2.45, 2.75) is 19.8 Å². The monoisotopic (exact) mass is 304 g/mol. The molecule has 2 rings (SSSR count). The fourth-order valence-corrected chi connectivity index (χ4v) is 2.54. The van der Waals surface area contributed by atoms with Gasteiger partial charge in [-0.3, -0.25) is 4.79 Å². The summed E-state index contributed by atoms with van der Waals surface area (Å²) in [6, 6.07) is 8.39. The zero-order valence-electron chi connectivity index (χ0n) is 11.7. The summed E-state index contributed by atoms with van der Waals surface area (Å²) >= 11 is 1.41. The van der Waals surface area contributed by atoms with Crippen LogP contribution in [0.25, 0.3) is 0 Å². The molecule has 0 unspecified atom stereocenters. The highest BCUT2D eigenvalue weighted by Crippen LogP contribution is 2.19. The molecule has 4 nitrogen and oxygen atoms in total. The molecule has 0 aliphatic carbocycles. The molecule has 0 spiro atoms. The fraction of sp³-hybridized carbons (Fsp3) is 0.250. The molecular weight excluding hydrogens is 288 g/mol. The second-order valence-corrected chi connectivity index (χ2v) is 5.61. The second kappa shape index (κ2) is 7.04. The maximum absolute atomic E-state index is 11.8. The normalized spacial score (nSPS) is 10.3.